The van der Waals surface area contributed by atoms with Crippen molar-refractivity contribution in [3.8, 4) is 5.75 Å². The van der Waals surface area contributed by atoms with E-state index in [1.807, 2.05) is 25.1 Å². The van der Waals surface area contributed by atoms with Crippen molar-refractivity contribution in [3.05, 3.63) is 17.7 Å². The SMILES string of the molecule is CC1Nc2ccc(O)c(CN(C)C)c2N1. The van der Waals surface area contributed by atoms with Gasteiger partial charge in [0.1, 0.15) is 5.75 Å². The van der Waals surface area contributed by atoms with Crippen LogP contribution in [0, 0.1) is 0 Å². The lowest BCUT2D eigenvalue weighted by Crippen LogP contribution is -2.17. The second-order valence-electron chi connectivity index (χ2n) is 4.23. The molecule has 0 radical (unpaired) electrons. The highest BCUT2D eigenvalue weighted by molar-refractivity contribution is 5.79. The van der Waals surface area contributed by atoms with Crippen LogP contribution in [-0.2, 0) is 6.54 Å². The monoisotopic (exact) mass is 207 g/mol. The summed E-state index contributed by atoms with van der Waals surface area (Å²) in [5.74, 6) is 0.353. The molecule has 0 saturated carbocycles. The Hall–Kier alpha value is -1.42. The van der Waals surface area contributed by atoms with E-state index >= 15 is 0 Å². The number of hydrogen-bond acceptors (Lipinski definition) is 4. The van der Waals surface area contributed by atoms with Crippen molar-refractivity contribution in [2.45, 2.75) is 19.6 Å². The molecule has 1 aromatic carbocycles. The van der Waals surface area contributed by atoms with Gasteiger partial charge in [-0.25, -0.2) is 0 Å². The third kappa shape index (κ3) is 1.85. The highest BCUT2D eigenvalue weighted by Crippen LogP contribution is 2.37. The van der Waals surface area contributed by atoms with Crippen LogP contribution < -0.4 is 10.6 Å². The Balaban J connectivity index is 2.40. The molecule has 4 nitrogen and oxygen atoms in total. The third-order valence-corrected chi connectivity index (χ3v) is 2.50. The van der Waals surface area contributed by atoms with Gasteiger partial charge in [0.15, 0.2) is 0 Å². The smallest absolute Gasteiger partial charge is 0.122 e. The molecule has 2 rings (SSSR count). The first-order chi connectivity index (χ1) is 7.08. The summed E-state index contributed by atoms with van der Waals surface area (Å²) in [5.41, 5.74) is 3.04. The number of aromatic hydroxyl groups is 1. The quantitative estimate of drug-likeness (QED) is 0.645. The number of phenols is 1. The van der Waals surface area contributed by atoms with Crippen LogP contribution in [0.1, 0.15) is 12.5 Å². The number of hydrogen-bond donors (Lipinski definition) is 3. The van der Waals surface area contributed by atoms with Crippen LogP contribution >= 0.6 is 0 Å². The van der Waals surface area contributed by atoms with E-state index in [9.17, 15) is 5.11 Å². The van der Waals surface area contributed by atoms with Crippen LogP contribution in [0.5, 0.6) is 5.75 Å². The van der Waals surface area contributed by atoms with Crippen LogP contribution in [0.25, 0.3) is 0 Å². The molecule has 0 bridgehead atoms. The number of fused-ring (bicyclic) bond motifs is 1. The van der Waals surface area contributed by atoms with Crippen LogP contribution in [0.15, 0.2) is 12.1 Å². The van der Waals surface area contributed by atoms with Gasteiger partial charge in [-0.3, -0.25) is 0 Å². The standard InChI is InChI=1S/C11H17N3O/c1-7-12-9-4-5-10(15)8(6-14(2)3)11(9)13-7/h4-5,7,12-13,15H,6H2,1-3H3. The first kappa shape index (κ1) is 10.1. The van der Waals surface area contributed by atoms with Crippen molar-refractivity contribution in [2.24, 2.45) is 0 Å². The lowest BCUT2D eigenvalue weighted by Gasteiger charge is -2.14. The van der Waals surface area contributed by atoms with Crippen molar-refractivity contribution in [2.75, 3.05) is 24.7 Å². The summed E-state index contributed by atoms with van der Waals surface area (Å²) in [7, 11) is 3.98. The zero-order chi connectivity index (χ0) is 11.0. The zero-order valence-corrected chi connectivity index (χ0v) is 9.33. The van der Waals surface area contributed by atoms with Crippen molar-refractivity contribution in [1.82, 2.24) is 4.90 Å². The molecule has 1 aromatic rings. The van der Waals surface area contributed by atoms with Gasteiger partial charge in [-0.05, 0) is 33.2 Å². The first-order valence-electron chi connectivity index (χ1n) is 5.10. The van der Waals surface area contributed by atoms with E-state index in [0.717, 1.165) is 23.5 Å². The largest absolute Gasteiger partial charge is 0.508 e. The third-order valence-electron chi connectivity index (χ3n) is 2.50. The average Bonchev–Trinajstić information content (AvgIpc) is 2.51. The Morgan fingerprint density at radius 3 is 2.73 bits per heavy atom. The van der Waals surface area contributed by atoms with Crippen LogP contribution in [0.3, 0.4) is 0 Å². The van der Waals surface area contributed by atoms with Gasteiger partial charge >= 0.3 is 0 Å². The molecule has 82 valence electrons. The van der Waals surface area contributed by atoms with E-state index < -0.39 is 0 Å². The number of nitrogens with zero attached hydrogens (tertiary/aromatic N) is 1. The van der Waals surface area contributed by atoms with E-state index in [1.54, 1.807) is 6.07 Å². The molecule has 0 spiro atoms. The average molecular weight is 207 g/mol. The summed E-state index contributed by atoms with van der Waals surface area (Å²) in [5, 5.41) is 16.4. The van der Waals surface area contributed by atoms with Gasteiger partial charge in [-0.15, -0.1) is 0 Å². The van der Waals surface area contributed by atoms with E-state index in [4.69, 9.17) is 0 Å². The van der Waals surface area contributed by atoms with Gasteiger partial charge in [-0.1, -0.05) is 0 Å². The Kier molecular flexibility index (Phi) is 2.44. The predicted molar refractivity (Wildman–Crippen MR) is 62.2 cm³/mol. The van der Waals surface area contributed by atoms with Crippen LogP contribution in [0.4, 0.5) is 11.4 Å². The van der Waals surface area contributed by atoms with Crippen molar-refractivity contribution >= 4 is 11.4 Å². The van der Waals surface area contributed by atoms with Gasteiger partial charge in [0, 0.05) is 12.1 Å². The molecule has 1 aliphatic rings. The molecule has 4 heteroatoms. The lowest BCUT2D eigenvalue weighted by molar-refractivity contribution is 0.387. The predicted octanol–water partition coefficient (Wildman–Crippen LogP) is 1.64. The number of rotatable bonds is 2. The molecule has 0 aliphatic carbocycles. The van der Waals surface area contributed by atoms with Crippen molar-refractivity contribution in [1.29, 1.82) is 0 Å². The Morgan fingerprint density at radius 2 is 2.07 bits per heavy atom. The minimum atomic E-state index is 0.225. The molecule has 0 fully saturated rings. The number of anilines is 2. The van der Waals surface area contributed by atoms with Gasteiger partial charge in [0.05, 0.1) is 17.5 Å². The highest BCUT2D eigenvalue weighted by atomic mass is 16.3. The summed E-state index contributed by atoms with van der Waals surface area (Å²) in [6.45, 7) is 2.78. The number of phenolic OH excluding ortho intramolecular Hbond substituents is 1. The van der Waals surface area contributed by atoms with E-state index in [0.29, 0.717) is 5.75 Å². The normalized spacial score (nSPS) is 18.5. The van der Waals surface area contributed by atoms with Gasteiger partial charge in [0.2, 0.25) is 0 Å². The van der Waals surface area contributed by atoms with Gasteiger partial charge in [0.25, 0.3) is 0 Å². The molecule has 0 amide bonds. The highest BCUT2D eigenvalue weighted by Gasteiger charge is 2.21. The van der Waals surface area contributed by atoms with Crippen LogP contribution in [-0.4, -0.2) is 30.3 Å². The van der Waals surface area contributed by atoms with Crippen molar-refractivity contribution in [3.63, 3.8) is 0 Å². The maximum absolute atomic E-state index is 9.82. The maximum atomic E-state index is 9.82. The molecule has 0 saturated heterocycles. The summed E-state index contributed by atoms with van der Waals surface area (Å²) < 4.78 is 0. The first-order valence-corrected chi connectivity index (χ1v) is 5.10. The molecule has 1 unspecified atom stereocenters. The molecular weight excluding hydrogens is 190 g/mol. The molecule has 1 heterocycles. The second kappa shape index (κ2) is 3.62. The fourth-order valence-corrected chi connectivity index (χ4v) is 1.88. The molecule has 0 aromatic heterocycles. The summed E-state index contributed by atoms with van der Waals surface area (Å²) in [6.07, 6.45) is 0.225. The van der Waals surface area contributed by atoms with Crippen molar-refractivity contribution < 1.29 is 5.11 Å². The van der Waals surface area contributed by atoms with Crippen LogP contribution in [0.2, 0.25) is 0 Å². The minimum Gasteiger partial charge on any atom is -0.508 e. The van der Waals surface area contributed by atoms with Gasteiger partial charge in [-0.2, -0.15) is 0 Å². The molecule has 15 heavy (non-hydrogen) atoms. The number of benzene rings is 1. The lowest BCUT2D eigenvalue weighted by atomic mass is 10.1. The zero-order valence-electron chi connectivity index (χ0n) is 9.33. The van der Waals surface area contributed by atoms with E-state index in [2.05, 4.69) is 17.6 Å². The van der Waals surface area contributed by atoms with E-state index in [-0.39, 0.29) is 6.17 Å². The summed E-state index contributed by atoms with van der Waals surface area (Å²) >= 11 is 0. The Bertz CT molecular complexity index is 376. The fourth-order valence-electron chi connectivity index (χ4n) is 1.88. The summed E-state index contributed by atoms with van der Waals surface area (Å²) in [4.78, 5) is 2.04. The van der Waals surface area contributed by atoms with Gasteiger partial charge < -0.3 is 20.6 Å². The van der Waals surface area contributed by atoms with E-state index in [1.165, 1.54) is 0 Å². The maximum Gasteiger partial charge on any atom is 0.122 e. The molecule has 3 N–H and O–H groups in total. The number of nitrogens with one attached hydrogen (secondary N) is 2. The Morgan fingerprint density at radius 1 is 1.33 bits per heavy atom. The topological polar surface area (TPSA) is 47.5 Å². The molecule has 1 aliphatic heterocycles. The molecular formula is C11H17N3O. The second-order valence-corrected chi connectivity index (χ2v) is 4.23. The summed E-state index contributed by atoms with van der Waals surface area (Å²) in [6, 6.07) is 3.64. The fraction of sp³-hybridized carbons (Fsp3) is 0.455. The minimum absolute atomic E-state index is 0.225. The molecule has 1 atom stereocenters. The Labute approximate surface area is 89.9 Å².